The summed E-state index contributed by atoms with van der Waals surface area (Å²) in [5.41, 5.74) is 2.04. The second-order valence-corrected chi connectivity index (χ2v) is 7.46. The number of Topliss-reactive ketones (excluding diaryl/α,β-unsaturated/α-hetero) is 1. The molecule has 0 radical (unpaired) electrons. The van der Waals surface area contributed by atoms with Gasteiger partial charge in [0.05, 0.1) is 17.7 Å². The fourth-order valence-electron chi connectivity index (χ4n) is 3.66. The minimum absolute atomic E-state index is 0.159. The first-order chi connectivity index (χ1) is 14.0. The van der Waals surface area contributed by atoms with Gasteiger partial charge in [0.2, 0.25) is 5.78 Å². The quantitative estimate of drug-likeness (QED) is 0.786. The van der Waals surface area contributed by atoms with Crippen molar-refractivity contribution in [1.82, 2.24) is 9.80 Å². The Morgan fingerprint density at radius 1 is 1.10 bits per heavy atom. The van der Waals surface area contributed by atoms with Crippen LogP contribution in [0, 0.1) is 0 Å². The molecule has 4 rings (SSSR count). The number of phenolic OH excluding ortho intramolecular Hbond substituents is 1. The molecule has 29 heavy (non-hydrogen) atoms. The number of ether oxygens (including phenoxy) is 2. The van der Waals surface area contributed by atoms with Gasteiger partial charge >= 0.3 is 0 Å². The van der Waals surface area contributed by atoms with Crippen molar-refractivity contribution < 1.29 is 19.4 Å². The van der Waals surface area contributed by atoms with E-state index in [0.29, 0.717) is 30.0 Å². The number of carbonyl (C=O) groups is 1. The van der Waals surface area contributed by atoms with Crippen LogP contribution in [0.3, 0.4) is 0 Å². The molecule has 2 aromatic rings. The molecule has 1 N–H and O–H groups in total. The molecule has 2 heterocycles. The van der Waals surface area contributed by atoms with Crippen molar-refractivity contribution in [2.75, 3.05) is 39.8 Å². The Balaban J connectivity index is 1.57. The molecule has 0 amide bonds. The number of likely N-dealkylation sites (N-methyl/N-ethyl adjacent to an activating group) is 1. The largest absolute Gasteiger partial charge is 0.507 e. The van der Waals surface area contributed by atoms with Crippen LogP contribution in [-0.2, 0) is 6.54 Å². The number of rotatable bonds is 5. The highest BCUT2D eigenvalue weighted by atomic mass is 16.5. The highest BCUT2D eigenvalue weighted by Crippen LogP contribution is 2.40. The molecular formula is C23H26N2O4. The molecule has 0 unspecified atom stereocenters. The maximum absolute atomic E-state index is 12.8. The highest BCUT2D eigenvalue weighted by molar-refractivity contribution is 6.15. The molecule has 0 aromatic heterocycles. The second kappa shape index (κ2) is 8.27. The number of hydrogen-bond donors (Lipinski definition) is 1. The fraction of sp³-hybridized carbons (Fsp3) is 0.348. The number of hydrogen-bond acceptors (Lipinski definition) is 6. The van der Waals surface area contributed by atoms with E-state index < -0.39 is 0 Å². The van der Waals surface area contributed by atoms with Gasteiger partial charge in [0.1, 0.15) is 17.2 Å². The maximum atomic E-state index is 12.8. The lowest BCUT2D eigenvalue weighted by Crippen LogP contribution is -2.43. The van der Waals surface area contributed by atoms with E-state index in [1.165, 1.54) is 0 Å². The molecule has 2 aliphatic heterocycles. The van der Waals surface area contributed by atoms with Gasteiger partial charge in [-0.05, 0) is 49.9 Å². The van der Waals surface area contributed by atoms with Gasteiger partial charge < -0.3 is 19.5 Å². The normalized spacial score (nSPS) is 18.7. The van der Waals surface area contributed by atoms with Crippen LogP contribution >= 0.6 is 0 Å². The van der Waals surface area contributed by atoms with Crippen molar-refractivity contribution in [3.05, 3.63) is 58.8 Å². The predicted molar refractivity (Wildman–Crippen MR) is 111 cm³/mol. The summed E-state index contributed by atoms with van der Waals surface area (Å²) >= 11 is 0. The molecule has 0 spiro atoms. The number of allylic oxidation sites excluding steroid dienone is 1. The average Bonchev–Trinajstić information content (AvgIpc) is 3.03. The lowest BCUT2D eigenvalue weighted by Gasteiger charge is -2.32. The molecule has 0 saturated carbocycles. The van der Waals surface area contributed by atoms with Crippen molar-refractivity contribution in [1.29, 1.82) is 0 Å². The lowest BCUT2D eigenvalue weighted by molar-refractivity contribution is 0.101. The Kier molecular flexibility index (Phi) is 5.56. The summed E-state index contributed by atoms with van der Waals surface area (Å²) in [5, 5.41) is 10.4. The molecule has 0 aliphatic carbocycles. The van der Waals surface area contributed by atoms with Crippen LogP contribution in [0.4, 0.5) is 0 Å². The summed E-state index contributed by atoms with van der Waals surface area (Å²) in [4.78, 5) is 17.4. The molecule has 2 aromatic carbocycles. The topological polar surface area (TPSA) is 62.2 Å². The van der Waals surface area contributed by atoms with E-state index in [1.807, 2.05) is 31.2 Å². The third-order valence-corrected chi connectivity index (χ3v) is 5.38. The lowest BCUT2D eigenvalue weighted by atomic mass is 10.0. The number of carbonyl (C=O) groups excluding carboxylic acids is 1. The number of phenols is 1. The zero-order valence-electron chi connectivity index (χ0n) is 16.9. The third-order valence-electron chi connectivity index (χ3n) is 5.38. The van der Waals surface area contributed by atoms with E-state index in [9.17, 15) is 9.90 Å². The molecule has 152 valence electrons. The van der Waals surface area contributed by atoms with Gasteiger partial charge in [-0.1, -0.05) is 12.1 Å². The van der Waals surface area contributed by atoms with Crippen molar-refractivity contribution in [3.63, 3.8) is 0 Å². The van der Waals surface area contributed by atoms with Crippen LogP contribution in [0.5, 0.6) is 17.2 Å². The van der Waals surface area contributed by atoms with Crippen molar-refractivity contribution in [3.8, 4) is 17.2 Å². The Morgan fingerprint density at radius 2 is 1.83 bits per heavy atom. The zero-order chi connectivity index (χ0) is 20.4. The second-order valence-electron chi connectivity index (χ2n) is 7.46. The summed E-state index contributed by atoms with van der Waals surface area (Å²) in [5.74, 6) is 1.54. The predicted octanol–water partition coefficient (Wildman–Crippen LogP) is 3.15. The van der Waals surface area contributed by atoms with E-state index >= 15 is 0 Å². The first-order valence-electron chi connectivity index (χ1n) is 9.98. The fourth-order valence-corrected chi connectivity index (χ4v) is 3.66. The SMILES string of the molecule is CCOc1ccc(C=C2Oc3c(ccc(O)c3CN3CCN(C)CC3)C2=O)cc1. The molecule has 2 aliphatic rings. The number of ketones is 1. The third kappa shape index (κ3) is 4.13. The Morgan fingerprint density at radius 3 is 2.52 bits per heavy atom. The van der Waals surface area contributed by atoms with E-state index in [2.05, 4.69) is 16.8 Å². The van der Waals surface area contributed by atoms with E-state index in [1.54, 1.807) is 18.2 Å². The minimum Gasteiger partial charge on any atom is -0.507 e. The number of aromatic hydroxyl groups is 1. The van der Waals surface area contributed by atoms with Crippen LogP contribution < -0.4 is 9.47 Å². The monoisotopic (exact) mass is 394 g/mol. The Bertz CT molecular complexity index is 929. The van der Waals surface area contributed by atoms with Gasteiger partial charge in [-0.15, -0.1) is 0 Å². The van der Waals surface area contributed by atoms with Crippen molar-refractivity contribution in [2.45, 2.75) is 13.5 Å². The molecule has 1 fully saturated rings. The summed E-state index contributed by atoms with van der Waals surface area (Å²) in [6.45, 7) is 6.92. The molecular weight excluding hydrogens is 368 g/mol. The van der Waals surface area contributed by atoms with Crippen LogP contribution in [-0.4, -0.2) is 60.5 Å². The Hall–Kier alpha value is -2.83. The van der Waals surface area contributed by atoms with Crippen LogP contribution in [0.15, 0.2) is 42.2 Å². The number of nitrogens with zero attached hydrogens (tertiary/aromatic N) is 2. The maximum Gasteiger partial charge on any atom is 0.231 e. The van der Waals surface area contributed by atoms with Gasteiger partial charge in [0.15, 0.2) is 5.76 Å². The summed E-state index contributed by atoms with van der Waals surface area (Å²) in [7, 11) is 2.11. The van der Waals surface area contributed by atoms with E-state index in [0.717, 1.165) is 37.5 Å². The summed E-state index contributed by atoms with van der Waals surface area (Å²) in [6, 6.07) is 10.7. The Labute approximate surface area is 171 Å². The number of fused-ring (bicyclic) bond motifs is 1. The van der Waals surface area contributed by atoms with Gasteiger partial charge in [-0.2, -0.15) is 0 Å². The number of benzene rings is 2. The molecule has 6 nitrogen and oxygen atoms in total. The minimum atomic E-state index is -0.159. The van der Waals surface area contributed by atoms with Crippen LogP contribution in [0.1, 0.15) is 28.4 Å². The highest BCUT2D eigenvalue weighted by Gasteiger charge is 2.32. The summed E-state index contributed by atoms with van der Waals surface area (Å²) < 4.78 is 11.4. The first kappa shape index (κ1) is 19.5. The van der Waals surface area contributed by atoms with E-state index in [4.69, 9.17) is 9.47 Å². The van der Waals surface area contributed by atoms with Gasteiger partial charge in [0.25, 0.3) is 0 Å². The standard InChI is InChI=1S/C23H26N2O4/c1-3-28-17-6-4-16(5-7-17)14-21-22(27)18-8-9-20(26)19(23(18)29-21)15-25-12-10-24(2)11-13-25/h4-9,14,26H,3,10-13,15H2,1-2H3. The van der Waals surface area contributed by atoms with E-state index in [-0.39, 0.29) is 17.3 Å². The van der Waals surface area contributed by atoms with Crippen molar-refractivity contribution >= 4 is 11.9 Å². The van der Waals surface area contributed by atoms with Crippen LogP contribution in [0.2, 0.25) is 0 Å². The van der Waals surface area contributed by atoms with Gasteiger partial charge in [-0.3, -0.25) is 9.69 Å². The molecule has 0 bridgehead atoms. The van der Waals surface area contributed by atoms with Crippen LogP contribution in [0.25, 0.3) is 6.08 Å². The molecule has 1 saturated heterocycles. The van der Waals surface area contributed by atoms with Gasteiger partial charge in [-0.25, -0.2) is 0 Å². The molecule has 6 heteroatoms. The number of piperazine rings is 1. The summed E-state index contributed by atoms with van der Waals surface area (Å²) in [6.07, 6.45) is 1.73. The van der Waals surface area contributed by atoms with Gasteiger partial charge in [0, 0.05) is 32.7 Å². The smallest absolute Gasteiger partial charge is 0.231 e. The van der Waals surface area contributed by atoms with Crippen molar-refractivity contribution in [2.24, 2.45) is 0 Å². The zero-order valence-corrected chi connectivity index (χ0v) is 16.9. The average molecular weight is 394 g/mol. The molecule has 0 atom stereocenters. The first-order valence-corrected chi connectivity index (χ1v) is 9.98.